The fraction of sp³-hybridized carbons (Fsp3) is 0.304. The van der Waals surface area contributed by atoms with E-state index in [4.69, 9.17) is 4.74 Å². The highest BCUT2D eigenvalue weighted by Gasteiger charge is 2.43. The molecular formula is C23H21BrF2N4O3S. The van der Waals surface area contributed by atoms with Crippen molar-refractivity contribution < 1.29 is 23.1 Å². The number of carbonyl (C=O) groups is 2. The number of rotatable bonds is 9. The maximum Gasteiger partial charge on any atom is 0.377 e. The van der Waals surface area contributed by atoms with Crippen molar-refractivity contribution in [1.82, 2.24) is 14.9 Å². The molecule has 0 aliphatic rings. The van der Waals surface area contributed by atoms with E-state index >= 15 is 0 Å². The Balaban J connectivity index is 1.86. The van der Waals surface area contributed by atoms with E-state index in [1.54, 1.807) is 36.4 Å². The Hall–Kier alpha value is -2.97. The lowest BCUT2D eigenvalue weighted by molar-refractivity contribution is -0.149. The summed E-state index contributed by atoms with van der Waals surface area (Å²) in [5, 5.41) is 8.62. The van der Waals surface area contributed by atoms with Crippen LogP contribution in [-0.4, -0.2) is 39.3 Å². The SMILES string of the molecule is CCCCOC(=O)[C@H](C)NC(=O)C(F)(F)Sc1ncc(Br)n1-c1ccc(C#N)c2ccccc12. The summed E-state index contributed by atoms with van der Waals surface area (Å²) < 4.78 is 36.5. The van der Waals surface area contributed by atoms with Crippen LogP contribution in [0.2, 0.25) is 0 Å². The summed E-state index contributed by atoms with van der Waals surface area (Å²) in [6.45, 7) is 3.36. The zero-order valence-corrected chi connectivity index (χ0v) is 20.8. The molecule has 3 rings (SSSR count). The van der Waals surface area contributed by atoms with Gasteiger partial charge in [-0.1, -0.05) is 37.6 Å². The van der Waals surface area contributed by atoms with E-state index in [0.717, 1.165) is 6.42 Å². The largest absolute Gasteiger partial charge is 0.464 e. The number of alkyl halides is 2. The second-order valence-corrected chi connectivity index (χ2v) is 9.22. The van der Waals surface area contributed by atoms with Gasteiger partial charge in [0.05, 0.1) is 30.1 Å². The van der Waals surface area contributed by atoms with Crippen LogP contribution >= 0.6 is 27.7 Å². The minimum Gasteiger partial charge on any atom is -0.464 e. The maximum atomic E-state index is 14.9. The van der Waals surface area contributed by atoms with Gasteiger partial charge in [-0.25, -0.2) is 9.78 Å². The molecule has 0 radical (unpaired) electrons. The minimum absolute atomic E-state index is 0.0507. The molecule has 0 fully saturated rings. The van der Waals surface area contributed by atoms with Gasteiger partial charge in [0.1, 0.15) is 10.6 Å². The van der Waals surface area contributed by atoms with Crippen molar-refractivity contribution in [2.75, 3.05) is 6.61 Å². The molecule has 178 valence electrons. The Morgan fingerprint density at radius 2 is 2.00 bits per heavy atom. The number of nitrogens with zero attached hydrogens (tertiary/aromatic N) is 3. The molecule has 0 aliphatic heterocycles. The molecule has 1 N–H and O–H groups in total. The number of carbonyl (C=O) groups excluding carboxylic acids is 2. The number of unbranched alkanes of at least 4 members (excludes halogenated alkanes) is 1. The van der Waals surface area contributed by atoms with Crippen molar-refractivity contribution in [1.29, 1.82) is 5.26 Å². The van der Waals surface area contributed by atoms with Gasteiger partial charge in [-0.3, -0.25) is 9.36 Å². The first-order chi connectivity index (χ1) is 16.2. The van der Waals surface area contributed by atoms with Crippen LogP contribution < -0.4 is 5.32 Å². The topological polar surface area (TPSA) is 97.0 Å². The van der Waals surface area contributed by atoms with E-state index in [1.165, 1.54) is 17.7 Å². The van der Waals surface area contributed by atoms with Gasteiger partial charge in [-0.2, -0.15) is 14.0 Å². The summed E-state index contributed by atoms with van der Waals surface area (Å²) in [6.07, 6.45) is 2.79. The number of nitrogens with one attached hydrogen (secondary N) is 1. The lowest BCUT2D eigenvalue weighted by Crippen LogP contribution is -2.46. The van der Waals surface area contributed by atoms with Crippen molar-refractivity contribution in [3.8, 4) is 11.8 Å². The fourth-order valence-electron chi connectivity index (χ4n) is 3.12. The number of halogens is 3. The van der Waals surface area contributed by atoms with E-state index < -0.39 is 23.2 Å². The Morgan fingerprint density at radius 1 is 1.29 bits per heavy atom. The first kappa shape index (κ1) is 25.6. The van der Waals surface area contributed by atoms with Crippen LogP contribution in [0.1, 0.15) is 32.3 Å². The highest BCUT2D eigenvalue weighted by Crippen LogP contribution is 2.39. The third-order valence-electron chi connectivity index (χ3n) is 4.88. The summed E-state index contributed by atoms with van der Waals surface area (Å²) in [5.41, 5.74) is 0.944. The number of benzene rings is 2. The van der Waals surface area contributed by atoms with Gasteiger partial charge >= 0.3 is 17.1 Å². The second-order valence-electron chi connectivity index (χ2n) is 7.32. The molecule has 0 saturated heterocycles. The number of ether oxygens (including phenoxy) is 1. The highest BCUT2D eigenvalue weighted by atomic mass is 79.9. The molecule has 1 aromatic heterocycles. The Labute approximate surface area is 207 Å². The monoisotopic (exact) mass is 550 g/mol. The van der Waals surface area contributed by atoms with Crippen molar-refractivity contribution in [2.45, 2.75) is 43.1 Å². The summed E-state index contributed by atoms with van der Waals surface area (Å²) in [6, 6.07) is 11.2. The van der Waals surface area contributed by atoms with Gasteiger partial charge in [0.15, 0.2) is 5.16 Å². The zero-order valence-electron chi connectivity index (χ0n) is 18.3. The van der Waals surface area contributed by atoms with Gasteiger partial charge < -0.3 is 10.1 Å². The summed E-state index contributed by atoms with van der Waals surface area (Å²) >= 11 is 3.27. The average molecular weight is 551 g/mol. The van der Waals surface area contributed by atoms with Crippen molar-refractivity contribution in [3.05, 3.63) is 52.8 Å². The third kappa shape index (κ3) is 5.56. The number of amides is 1. The molecule has 0 aliphatic carbocycles. The van der Waals surface area contributed by atoms with Gasteiger partial charge in [-0.05, 0) is 53.2 Å². The molecule has 0 unspecified atom stereocenters. The van der Waals surface area contributed by atoms with Crippen molar-refractivity contribution in [2.24, 2.45) is 0 Å². The Morgan fingerprint density at radius 3 is 2.68 bits per heavy atom. The molecule has 11 heteroatoms. The van der Waals surface area contributed by atoms with Crippen LogP contribution in [-0.2, 0) is 14.3 Å². The molecule has 7 nitrogen and oxygen atoms in total. The molecule has 1 atom stereocenters. The van der Waals surface area contributed by atoms with Gasteiger partial charge in [0.2, 0.25) is 0 Å². The number of imidazole rings is 1. The number of aromatic nitrogens is 2. The van der Waals surface area contributed by atoms with Crippen molar-refractivity contribution in [3.63, 3.8) is 0 Å². The van der Waals surface area contributed by atoms with Crippen LogP contribution in [0.3, 0.4) is 0 Å². The fourth-order valence-corrected chi connectivity index (χ4v) is 4.48. The third-order valence-corrected chi connectivity index (χ3v) is 6.35. The van der Waals surface area contributed by atoms with E-state index in [-0.39, 0.29) is 23.5 Å². The van der Waals surface area contributed by atoms with Gasteiger partial charge in [0.25, 0.3) is 0 Å². The number of hydrogen-bond acceptors (Lipinski definition) is 6. The van der Waals surface area contributed by atoms with Crippen LogP contribution in [0, 0.1) is 11.3 Å². The normalized spacial score (nSPS) is 12.2. The molecule has 0 saturated carbocycles. The lowest BCUT2D eigenvalue weighted by atomic mass is 10.0. The van der Waals surface area contributed by atoms with Gasteiger partial charge in [0, 0.05) is 10.8 Å². The van der Waals surface area contributed by atoms with Crippen LogP contribution in [0.5, 0.6) is 0 Å². The molecule has 0 bridgehead atoms. The number of fused-ring (bicyclic) bond motifs is 1. The molecule has 1 heterocycles. The molecule has 1 amide bonds. The molecular weight excluding hydrogens is 530 g/mol. The second kappa shape index (κ2) is 11.0. The highest BCUT2D eigenvalue weighted by molar-refractivity contribution is 9.10. The predicted octanol–water partition coefficient (Wildman–Crippen LogP) is 5.19. The summed E-state index contributed by atoms with van der Waals surface area (Å²) in [7, 11) is 0. The molecule has 0 spiro atoms. The summed E-state index contributed by atoms with van der Waals surface area (Å²) in [4.78, 5) is 28.2. The number of thioether (sulfide) groups is 1. The molecule has 2 aromatic carbocycles. The number of hydrogen-bond donors (Lipinski definition) is 1. The zero-order chi connectivity index (χ0) is 24.9. The quantitative estimate of drug-likeness (QED) is 0.223. The first-order valence-corrected chi connectivity index (χ1v) is 12.0. The van der Waals surface area contributed by atoms with E-state index in [9.17, 15) is 23.6 Å². The Bertz CT molecular complexity index is 1260. The lowest BCUT2D eigenvalue weighted by Gasteiger charge is -2.19. The van der Waals surface area contributed by atoms with Crippen LogP contribution in [0.25, 0.3) is 16.5 Å². The Kier molecular flexibility index (Phi) is 8.28. The van der Waals surface area contributed by atoms with E-state index in [2.05, 4.69) is 27.0 Å². The first-order valence-electron chi connectivity index (χ1n) is 10.4. The van der Waals surface area contributed by atoms with E-state index in [1.807, 2.05) is 12.2 Å². The van der Waals surface area contributed by atoms with Crippen LogP contribution in [0.4, 0.5) is 8.78 Å². The van der Waals surface area contributed by atoms with E-state index in [0.29, 0.717) is 33.0 Å². The number of esters is 1. The minimum atomic E-state index is -3.93. The average Bonchev–Trinajstić information content (AvgIpc) is 3.17. The molecule has 34 heavy (non-hydrogen) atoms. The smallest absolute Gasteiger partial charge is 0.377 e. The standard InChI is InChI=1S/C23H21BrF2N4O3S/c1-3-4-11-33-20(31)14(2)29-21(32)23(25,26)34-22-28-13-19(24)30(22)18-10-9-15(12-27)16-7-5-6-8-17(16)18/h5-10,13-14H,3-4,11H2,1-2H3,(H,29,32)/t14-/m0/s1. The van der Waals surface area contributed by atoms with Crippen LogP contribution in [0.15, 0.2) is 52.4 Å². The molecule has 3 aromatic rings. The predicted molar refractivity (Wildman–Crippen MR) is 128 cm³/mol. The number of nitriles is 1. The van der Waals surface area contributed by atoms with Gasteiger partial charge in [-0.15, -0.1) is 0 Å². The maximum absolute atomic E-state index is 14.9. The van der Waals surface area contributed by atoms with Crippen molar-refractivity contribution >= 4 is 50.3 Å². The summed E-state index contributed by atoms with van der Waals surface area (Å²) in [5.74, 6) is -2.41.